The second kappa shape index (κ2) is 7.25. The third-order valence-electron chi connectivity index (χ3n) is 4.95. The number of piperidine rings is 1. The van der Waals surface area contributed by atoms with Crippen molar-refractivity contribution in [3.05, 3.63) is 58.4 Å². The maximum atomic E-state index is 13.9. The molecule has 0 amide bonds. The highest BCUT2D eigenvalue weighted by Gasteiger charge is 2.29. The van der Waals surface area contributed by atoms with Crippen molar-refractivity contribution >= 4 is 28.6 Å². The number of anilines is 1. The van der Waals surface area contributed by atoms with Gasteiger partial charge in [0.05, 0.1) is 28.6 Å². The molecule has 1 aromatic heterocycles. The van der Waals surface area contributed by atoms with E-state index in [0.29, 0.717) is 23.6 Å². The van der Waals surface area contributed by atoms with Crippen LogP contribution >= 0.6 is 11.6 Å². The molecule has 28 heavy (non-hydrogen) atoms. The molecule has 4 nitrogen and oxygen atoms in total. The van der Waals surface area contributed by atoms with Crippen molar-refractivity contribution in [3.63, 3.8) is 0 Å². The summed E-state index contributed by atoms with van der Waals surface area (Å²) in [5, 5.41) is -0.0106. The number of nitrogens with zero attached hydrogens (tertiary/aromatic N) is 3. The van der Waals surface area contributed by atoms with Crippen molar-refractivity contribution in [2.24, 2.45) is 5.73 Å². The molecule has 1 saturated heterocycles. The number of benzene rings is 2. The number of alkyl halides is 1. The first kappa shape index (κ1) is 19.0. The zero-order valence-electron chi connectivity index (χ0n) is 14.7. The lowest BCUT2D eigenvalue weighted by Gasteiger charge is -2.34. The van der Waals surface area contributed by atoms with Crippen LogP contribution in [0.2, 0.25) is 5.02 Å². The zero-order valence-corrected chi connectivity index (χ0v) is 15.4. The van der Waals surface area contributed by atoms with Crippen LogP contribution in [0.5, 0.6) is 0 Å². The van der Waals surface area contributed by atoms with Crippen molar-refractivity contribution in [3.8, 4) is 0 Å². The first-order valence-corrected chi connectivity index (χ1v) is 9.15. The summed E-state index contributed by atoms with van der Waals surface area (Å²) in [7, 11) is 0. The quantitative estimate of drug-likeness (QED) is 0.661. The molecule has 0 spiro atoms. The number of halogens is 5. The first-order chi connectivity index (χ1) is 13.3. The fourth-order valence-corrected chi connectivity index (χ4v) is 3.58. The van der Waals surface area contributed by atoms with Gasteiger partial charge in [-0.25, -0.2) is 22.5 Å². The monoisotopic (exact) mass is 412 g/mol. The highest BCUT2D eigenvalue weighted by Crippen LogP contribution is 2.29. The van der Waals surface area contributed by atoms with Crippen molar-refractivity contribution < 1.29 is 17.6 Å². The molecular weight excluding hydrogens is 396 g/mol. The minimum atomic E-state index is -1.12. The molecule has 0 aliphatic carbocycles. The number of hydrogen-bond donors (Lipinski definition) is 1. The van der Waals surface area contributed by atoms with Crippen molar-refractivity contribution in [1.82, 2.24) is 9.55 Å². The van der Waals surface area contributed by atoms with Gasteiger partial charge in [-0.15, -0.1) is 0 Å². The second-order valence-electron chi connectivity index (χ2n) is 6.92. The normalized spacial score (nSPS) is 20.1. The summed E-state index contributed by atoms with van der Waals surface area (Å²) in [6, 6.07) is 5.71. The van der Waals surface area contributed by atoms with Crippen LogP contribution in [0.1, 0.15) is 12.0 Å². The summed E-state index contributed by atoms with van der Waals surface area (Å²) < 4.78 is 56.8. The molecule has 1 aliphatic heterocycles. The number of nitrogens with two attached hydrogens (primary N) is 1. The lowest BCUT2D eigenvalue weighted by Crippen LogP contribution is -2.50. The smallest absolute Gasteiger partial charge is 0.206 e. The molecule has 3 aromatic rings. The fourth-order valence-electron chi connectivity index (χ4n) is 3.46. The predicted octanol–water partition coefficient (Wildman–Crippen LogP) is 4.03. The molecule has 2 N–H and O–H groups in total. The predicted molar refractivity (Wildman–Crippen MR) is 99.9 cm³/mol. The van der Waals surface area contributed by atoms with E-state index in [4.69, 9.17) is 17.3 Å². The van der Waals surface area contributed by atoms with Gasteiger partial charge < -0.3 is 15.2 Å². The van der Waals surface area contributed by atoms with Gasteiger partial charge in [0.15, 0.2) is 11.6 Å². The maximum Gasteiger partial charge on any atom is 0.206 e. The summed E-state index contributed by atoms with van der Waals surface area (Å²) >= 11 is 5.74. The van der Waals surface area contributed by atoms with Gasteiger partial charge in [0, 0.05) is 25.2 Å². The van der Waals surface area contributed by atoms with E-state index in [1.54, 1.807) is 15.5 Å². The van der Waals surface area contributed by atoms with E-state index in [9.17, 15) is 17.6 Å². The Hall–Kier alpha value is -2.32. The average molecular weight is 413 g/mol. The molecule has 2 atom stereocenters. The lowest BCUT2D eigenvalue weighted by atomic mass is 10.1. The Morgan fingerprint density at radius 3 is 2.57 bits per heavy atom. The minimum Gasteiger partial charge on any atom is -0.340 e. The Morgan fingerprint density at radius 1 is 1.11 bits per heavy atom. The molecule has 1 aliphatic rings. The molecular formula is C19H17ClF4N4. The van der Waals surface area contributed by atoms with E-state index in [1.807, 2.05) is 0 Å². The van der Waals surface area contributed by atoms with Crippen molar-refractivity contribution in [2.75, 3.05) is 18.0 Å². The summed E-state index contributed by atoms with van der Waals surface area (Å²) in [4.78, 5) is 6.20. The maximum absolute atomic E-state index is 13.9. The molecule has 9 heteroatoms. The molecule has 0 bridgehead atoms. The van der Waals surface area contributed by atoms with Gasteiger partial charge >= 0.3 is 0 Å². The van der Waals surface area contributed by atoms with Gasteiger partial charge in [-0.3, -0.25) is 0 Å². The highest BCUT2D eigenvalue weighted by molar-refractivity contribution is 6.30. The lowest BCUT2D eigenvalue weighted by molar-refractivity contribution is 0.243. The van der Waals surface area contributed by atoms with Crippen LogP contribution < -0.4 is 10.6 Å². The largest absolute Gasteiger partial charge is 0.340 e. The summed E-state index contributed by atoms with van der Waals surface area (Å²) in [5.41, 5.74) is 7.01. The second-order valence-corrected chi connectivity index (χ2v) is 7.32. The Kier molecular flexibility index (Phi) is 4.93. The minimum absolute atomic E-state index is 0.0106. The van der Waals surface area contributed by atoms with Crippen LogP contribution in [0, 0.1) is 17.5 Å². The number of imidazole rings is 1. The Balaban J connectivity index is 1.81. The Bertz CT molecular complexity index is 1040. The molecule has 2 heterocycles. The SMILES string of the molecule is N[C@@H]1CN(c2nc3cc(F)c(F)cc3n2Cc2ccc(Cl)c(F)c2)CC[C@H]1F. The van der Waals surface area contributed by atoms with Crippen LogP contribution in [0.3, 0.4) is 0 Å². The molecule has 2 aromatic carbocycles. The van der Waals surface area contributed by atoms with E-state index in [-0.39, 0.29) is 30.0 Å². The standard InChI is InChI=1S/C19H17ClF4N4/c20-11-2-1-10(5-13(11)22)8-28-18-7-15(24)14(23)6-17(18)26-19(28)27-4-3-12(21)16(25)9-27/h1-2,5-7,12,16H,3-4,8-9,25H2/t12-,16-/m1/s1. The molecule has 1 fully saturated rings. The van der Waals surface area contributed by atoms with Gasteiger partial charge in [-0.2, -0.15) is 0 Å². The van der Waals surface area contributed by atoms with E-state index < -0.39 is 29.7 Å². The van der Waals surface area contributed by atoms with Gasteiger partial charge in [0.1, 0.15) is 12.0 Å². The van der Waals surface area contributed by atoms with Gasteiger partial charge in [0.25, 0.3) is 0 Å². The third kappa shape index (κ3) is 3.42. The van der Waals surface area contributed by atoms with Crippen molar-refractivity contribution in [1.29, 1.82) is 0 Å². The topological polar surface area (TPSA) is 47.1 Å². The number of fused-ring (bicyclic) bond motifs is 1. The van der Waals surface area contributed by atoms with E-state index in [0.717, 1.165) is 12.1 Å². The first-order valence-electron chi connectivity index (χ1n) is 8.77. The number of hydrogen-bond acceptors (Lipinski definition) is 3. The fraction of sp³-hybridized carbons (Fsp3) is 0.316. The van der Waals surface area contributed by atoms with Crippen LogP contribution in [0.15, 0.2) is 30.3 Å². The third-order valence-corrected chi connectivity index (χ3v) is 5.25. The van der Waals surface area contributed by atoms with E-state index in [1.165, 1.54) is 12.1 Å². The number of rotatable bonds is 3. The molecule has 148 valence electrons. The van der Waals surface area contributed by atoms with Crippen LogP contribution in [-0.4, -0.2) is 34.9 Å². The molecule has 4 rings (SSSR count). The summed E-state index contributed by atoms with van der Waals surface area (Å²) in [6.07, 6.45) is -0.891. The Labute approximate surface area is 163 Å². The Morgan fingerprint density at radius 2 is 1.86 bits per heavy atom. The van der Waals surface area contributed by atoms with Crippen LogP contribution in [0.25, 0.3) is 11.0 Å². The van der Waals surface area contributed by atoms with Gasteiger partial charge in [-0.1, -0.05) is 17.7 Å². The zero-order chi connectivity index (χ0) is 20.0. The molecule has 0 radical (unpaired) electrons. The number of aromatic nitrogens is 2. The van der Waals surface area contributed by atoms with Gasteiger partial charge in [-0.05, 0) is 24.1 Å². The average Bonchev–Trinajstić information content (AvgIpc) is 2.98. The van der Waals surface area contributed by atoms with E-state index >= 15 is 0 Å². The van der Waals surface area contributed by atoms with Crippen LogP contribution in [-0.2, 0) is 6.54 Å². The van der Waals surface area contributed by atoms with Crippen LogP contribution in [0.4, 0.5) is 23.5 Å². The summed E-state index contributed by atoms with van der Waals surface area (Å²) in [6.45, 7) is 0.721. The summed E-state index contributed by atoms with van der Waals surface area (Å²) in [5.74, 6) is -2.21. The van der Waals surface area contributed by atoms with Crippen molar-refractivity contribution in [2.45, 2.75) is 25.2 Å². The van der Waals surface area contributed by atoms with Gasteiger partial charge in [0.2, 0.25) is 5.95 Å². The highest BCUT2D eigenvalue weighted by atomic mass is 35.5. The van der Waals surface area contributed by atoms with E-state index in [2.05, 4.69) is 4.98 Å². The molecule has 0 unspecified atom stereocenters. The molecule has 0 saturated carbocycles.